The van der Waals surface area contributed by atoms with Gasteiger partial charge >= 0.3 is 0 Å². The minimum atomic E-state index is -1.56. The van der Waals surface area contributed by atoms with Gasteiger partial charge in [-0.25, -0.2) is 26.3 Å². The molecule has 101 heavy (non-hydrogen) atoms. The molecule has 2 aliphatic rings. The van der Waals surface area contributed by atoms with Crippen LogP contribution in [0.15, 0.2) is 321 Å². The molecular formula is C90H56F6N2O3. The van der Waals surface area contributed by atoms with Crippen LogP contribution in [0.4, 0.5) is 60.5 Å². The molecule has 14 aromatic carbocycles. The van der Waals surface area contributed by atoms with E-state index in [0.717, 1.165) is 33.4 Å². The standard InChI is InChI=1S/C90H56F6N2O3/c1-3-55-19-39-67(40-20-55)99-69-43-23-57(24-44-69)89(87-81(93)15-9-16-82(87)94)77-13-7-5-11-71(77)73-47-35-65(53-79(73)89)97(61-31-27-59(91)28-32-61)63-37-49-85-75(51-63)76-52-64(38-50-86(76)101-85)98(62-33-29-60(92)30-34-62)66-36-48-74-72-12-6-8-14-78(72)90(80(74)54-66,88-83(95)17-10-18-84(88)96)58-25-45-70(46-26-58)100-68-41-21-56(4-2)22-42-68/h3-54H,1-2H2. The fourth-order valence-corrected chi connectivity index (χ4v) is 15.2. The first-order chi connectivity index (χ1) is 49.4. The minimum absolute atomic E-state index is 0.159. The Morgan fingerprint density at radius 1 is 0.297 bits per heavy atom. The lowest BCUT2D eigenvalue weighted by atomic mass is 9.67. The molecule has 17 rings (SSSR count). The predicted octanol–water partition coefficient (Wildman–Crippen LogP) is 25.0. The van der Waals surface area contributed by atoms with Crippen molar-refractivity contribution in [3.05, 3.63) is 407 Å². The Labute approximate surface area is 578 Å². The van der Waals surface area contributed by atoms with E-state index in [9.17, 15) is 0 Å². The smallest absolute Gasteiger partial charge is 0.135 e. The molecular weight excluding hydrogens is 1270 g/mol. The summed E-state index contributed by atoms with van der Waals surface area (Å²) in [6.07, 6.45) is 3.50. The van der Waals surface area contributed by atoms with Crippen molar-refractivity contribution in [2.24, 2.45) is 0 Å². The first-order valence-electron chi connectivity index (χ1n) is 32.9. The van der Waals surface area contributed by atoms with Crippen molar-refractivity contribution in [3.8, 4) is 45.3 Å². The van der Waals surface area contributed by atoms with Gasteiger partial charge in [0.05, 0.1) is 10.8 Å². The van der Waals surface area contributed by atoms with E-state index >= 15 is 26.3 Å². The van der Waals surface area contributed by atoms with Gasteiger partial charge in [-0.1, -0.05) is 147 Å². The van der Waals surface area contributed by atoms with Gasteiger partial charge < -0.3 is 23.7 Å². The van der Waals surface area contributed by atoms with E-state index in [1.807, 2.05) is 204 Å². The van der Waals surface area contributed by atoms with Crippen LogP contribution in [0.25, 0.3) is 56.3 Å². The summed E-state index contributed by atoms with van der Waals surface area (Å²) in [6.45, 7) is 7.72. The van der Waals surface area contributed by atoms with E-state index in [1.54, 1.807) is 60.7 Å². The summed E-state index contributed by atoms with van der Waals surface area (Å²) in [7, 11) is 0. The zero-order valence-electron chi connectivity index (χ0n) is 53.8. The molecule has 0 amide bonds. The fourth-order valence-electron chi connectivity index (χ4n) is 15.2. The van der Waals surface area contributed by atoms with Crippen LogP contribution in [-0.2, 0) is 10.8 Å². The molecule has 2 atom stereocenters. The van der Waals surface area contributed by atoms with Crippen molar-refractivity contribution in [3.63, 3.8) is 0 Å². The van der Waals surface area contributed by atoms with Crippen molar-refractivity contribution >= 4 is 68.2 Å². The van der Waals surface area contributed by atoms with Crippen molar-refractivity contribution in [1.82, 2.24) is 0 Å². The van der Waals surface area contributed by atoms with Crippen molar-refractivity contribution < 1.29 is 40.2 Å². The first-order valence-corrected chi connectivity index (χ1v) is 32.9. The quantitative estimate of drug-likeness (QED) is 0.0902. The second-order valence-electron chi connectivity index (χ2n) is 25.1. The molecule has 2 unspecified atom stereocenters. The largest absolute Gasteiger partial charge is 0.457 e. The lowest BCUT2D eigenvalue weighted by molar-refractivity contribution is 0.481. The molecule has 0 radical (unpaired) electrons. The summed E-state index contributed by atoms with van der Waals surface area (Å²) >= 11 is 0. The van der Waals surface area contributed by atoms with Gasteiger partial charge in [-0.3, -0.25) is 0 Å². The van der Waals surface area contributed by atoms with Gasteiger partial charge in [0.1, 0.15) is 69.1 Å². The third-order valence-electron chi connectivity index (χ3n) is 19.6. The summed E-state index contributed by atoms with van der Waals surface area (Å²) in [4.78, 5) is 3.95. The summed E-state index contributed by atoms with van der Waals surface area (Å²) < 4.78 is 119. The van der Waals surface area contributed by atoms with Crippen LogP contribution in [-0.4, -0.2) is 0 Å². The van der Waals surface area contributed by atoms with Crippen LogP contribution in [0, 0.1) is 34.9 Å². The summed E-state index contributed by atoms with van der Waals surface area (Å²) in [5, 5.41) is 1.39. The van der Waals surface area contributed by atoms with Gasteiger partial charge in [0, 0.05) is 56.0 Å². The Bertz CT molecular complexity index is 5380. The number of furan rings is 1. The topological polar surface area (TPSA) is 38.1 Å². The zero-order valence-corrected chi connectivity index (χ0v) is 53.8. The molecule has 15 aromatic rings. The van der Waals surface area contributed by atoms with E-state index in [-0.39, 0.29) is 11.1 Å². The van der Waals surface area contributed by atoms with Gasteiger partial charge in [0.2, 0.25) is 0 Å². The molecule has 1 aromatic heterocycles. The third-order valence-corrected chi connectivity index (χ3v) is 19.6. The van der Waals surface area contributed by atoms with Gasteiger partial charge in [0.25, 0.3) is 0 Å². The highest BCUT2D eigenvalue weighted by Gasteiger charge is 2.51. The summed E-state index contributed by atoms with van der Waals surface area (Å²) in [6, 6.07) is 88.4. The van der Waals surface area contributed by atoms with Gasteiger partial charge in [-0.05, 0) is 249 Å². The number of halogens is 6. The van der Waals surface area contributed by atoms with Gasteiger partial charge in [-0.15, -0.1) is 0 Å². The second kappa shape index (κ2) is 24.6. The lowest BCUT2D eigenvalue weighted by Crippen LogP contribution is -2.31. The Hall–Kier alpha value is -12.9. The maximum absolute atomic E-state index is 17.2. The Balaban J connectivity index is 0.817. The number of nitrogens with zero attached hydrogens (tertiary/aromatic N) is 2. The van der Waals surface area contributed by atoms with Crippen LogP contribution in [0.1, 0.15) is 55.6 Å². The lowest BCUT2D eigenvalue weighted by Gasteiger charge is -2.35. The summed E-state index contributed by atoms with van der Waals surface area (Å²) in [5.41, 5.74) is 9.88. The van der Waals surface area contributed by atoms with E-state index in [2.05, 4.69) is 13.2 Å². The second-order valence-corrected chi connectivity index (χ2v) is 25.1. The number of hydrogen-bond acceptors (Lipinski definition) is 5. The molecule has 0 spiro atoms. The molecule has 0 fully saturated rings. The molecule has 0 saturated heterocycles. The van der Waals surface area contributed by atoms with Crippen molar-refractivity contribution in [2.45, 2.75) is 10.8 Å². The Morgan fingerprint density at radius 3 is 0.980 bits per heavy atom. The van der Waals surface area contributed by atoms with Crippen LogP contribution >= 0.6 is 0 Å². The monoisotopic (exact) mass is 1330 g/mol. The maximum atomic E-state index is 17.2. The molecule has 0 N–H and O–H groups in total. The molecule has 0 saturated carbocycles. The highest BCUT2D eigenvalue weighted by atomic mass is 19.2. The molecule has 1 heterocycles. The van der Waals surface area contributed by atoms with E-state index in [4.69, 9.17) is 13.9 Å². The minimum Gasteiger partial charge on any atom is -0.457 e. The van der Waals surface area contributed by atoms with E-state index < -0.39 is 45.7 Å². The van der Waals surface area contributed by atoms with Gasteiger partial charge in [-0.2, -0.15) is 0 Å². The van der Waals surface area contributed by atoms with Crippen LogP contribution < -0.4 is 19.3 Å². The SMILES string of the molecule is C=Cc1ccc(Oc2ccc(C3(c4c(F)cccc4F)c4ccccc4-c4ccc(N(c5ccc(F)cc5)c5ccc6oc7ccc(N(c8ccc(F)cc8)c8ccc9c(c8)C(c8ccc(Oc%10ccc(C=C)cc%10)cc8)(c8c(F)cccc8F)c8ccccc8-9)cc7c6c5)cc43)cc2)cc1. The number of benzene rings is 14. The Morgan fingerprint density at radius 2 is 0.614 bits per heavy atom. The van der Waals surface area contributed by atoms with Gasteiger partial charge in [0.15, 0.2) is 0 Å². The molecule has 486 valence electrons. The number of hydrogen-bond donors (Lipinski definition) is 0. The fraction of sp³-hybridized carbons (Fsp3) is 0.0222. The highest BCUT2D eigenvalue weighted by molar-refractivity contribution is 6.08. The third kappa shape index (κ3) is 10.2. The molecule has 11 heteroatoms. The van der Waals surface area contributed by atoms with Crippen molar-refractivity contribution in [1.29, 1.82) is 0 Å². The predicted molar refractivity (Wildman–Crippen MR) is 391 cm³/mol. The number of ether oxygens (including phenoxy) is 2. The van der Waals surface area contributed by atoms with Crippen LogP contribution in [0.5, 0.6) is 23.0 Å². The van der Waals surface area contributed by atoms with Crippen LogP contribution in [0.2, 0.25) is 0 Å². The normalized spacial score (nSPS) is 14.8. The number of fused-ring (bicyclic) bond motifs is 9. The molecule has 0 bridgehead atoms. The first kappa shape index (κ1) is 61.7. The molecule has 2 aliphatic carbocycles. The number of anilines is 6. The average molecular weight is 1330 g/mol. The number of rotatable bonds is 16. The summed E-state index contributed by atoms with van der Waals surface area (Å²) in [5.74, 6) is -1.64. The average Bonchev–Trinajstić information content (AvgIpc) is 1.56. The maximum Gasteiger partial charge on any atom is 0.135 e. The van der Waals surface area contributed by atoms with E-state index in [0.29, 0.717) is 112 Å². The Kier molecular flexibility index (Phi) is 15.0. The van der Waals surface area contributed by atoms with Crippen LogP contribution in [0.3, 0.4) is 0 Å². The highest BCUT2D eigenvalue weighted by Crippen LogP contribution is 2.61. The van der Waals surface area contributed by atoms with Crippen molar-refractivity contribution in [2.75, 3.05) is 9.80 Å². The zero-order chi connectivity index (χ0) is 68.7. The van der Waals surface area contributed by atoms with E-state index in [1.165, 1.54) is 60.7 Å². The molecule has 0 aliphatic heterocycles. The molecule has 5 nitrogen and oxygen atoms in total.